The Labute approximate surface area is 158 Å². The SMILES string of the molecule is C=CCOc1ccccc1C(=O)SCCC/C=C/Sc1ccccc1. The van der Waals surface area contributed by atoms with E-state index in [9.17, 15) is 4.79 Å². The Kier molecular flexibility index (Phi) is 9.02. The molecule has 0 saturated carbocycles. The molecular formula is C21H22O2S2. The van der Waals surface area contributed by atoms with Gasteiger partial charge in [-0.2, -0.15) is 0 Å². The molecule has 0 aliphatic rings. The van der Waals surface area contributed by atoms with Crippen LogP contribution in [-0.2, 0) is 0 Å². The van der Waals surface area contributed by atoms with E-state index in [0.29, 0.717) is 17.9 Å². The minimum Gasteiger partial charge on any atom is -0.489 e. The van der Waals surface area contributed by atoms with Gasteiger partial charge in [-0.1, -0.05) is 72.6 Å². The number of carbonyl (C=O) groups excluding carboxylic acids is 1. The molecule has 2 aromatic carbocycles. The van der Waals surface area contributed by atoms with Gasteiger partial charge >= 0.3 is 0 Å². The molecule has 0 unspecified atom stereocenters. The van der Waals surface area contributed by atoms with E-state index in [-0.39, 0.29) is 5.12 Å². The second kappa shape index (κ2) is 11.6. The Bertz CT molecular complexity index is 696. The van der Waals surface area contributed by atoms with Crippen molar-refractivity contribution in [3.8, 4) is 5.75 Å². The molecule has 130 valence electrons. The lowest BCUT2D eigenvalue weighted by Crippen LogP contribution is -2.01. The maximum atomic E-state index is 12.3. The predicted octanol–water partition coefficient (Wildman–Crippen LogP) is 6.21. The molecule has 2 aromatic rings. The van der Waals surface area contributed by atoms with Gasteiger partial charge in [0.15, 0.2) is 0 Å². The van der Waals surface area contributed by atoms with Crippen LogP contribution in [0.3, 0.4) is 0 Å². The number of thioether (sulfide) groups is 2. The summed E-state index contributed by atoms with van der Waals surface area (Å²) >= 11 is 3.06. The maximum absolute atomic E-state index is 12.3. The first-order valence-electron chi connectivity index (χ1n) is 8.18. The van der Waals surface area contributed by atoms with Gasteiger partial charge in [-0.05, 0) is 42.5 Å². The van der Waals surface area contributed by atoms with Crippen molar-refractivity contribution in [2.24, 2.45) is 0 Å². The van der Waals surface area contributed by atoms with Crippen LogP contribution in [0, 0.1) is 0 Å². The number of rotatable bonds is 10. The van der Waals surface area contributed by atoms with Gasteiger partial charge in [0.05, 0.1) is 5.56 Å². The summed E-state index contributed by atoms with van der Waals surface area (Å²) < 4.78 is 5.54. The minimum atomic E-state index is 0.0577. The van der Waals surface area contributed by atoms with E-state index >= 15 is 0 Å². The zero-order chi connectivity index (χ0) is 17.7. The van der Waals surface area contributed by atoms with E-state index < -0.39 is 0 Å². The fraction of sp³-hybridized carbons (Fsp3) is 0.190. The number of para-hydroxylation sites is 1. The summed E-state index contributed by atoms with van der Waals surface area (Å²) in [4.78, 5) is 13.6. The van der Waals surface area contributed by atoms with Crippen LogP contribution in [0.5, 0.6) is 5.75 Å². The highest BCUT2D eigenvalue weighted by molar-refractivity contribution is 8.14. The monoisotopic (exact) mass is 370 g/mol. The third-order valence-corrected chi connectivity index (χ3v) is 5.10. The Morgan fingerprint density at radius 2 is 1.84 bits per heavy atom. The number of hydrogen-bond donors (Lipinski definition) is 0. The van der Waals surface area contributed by atoms with Gasteiger partial charge < -0.3 is 4.74 Å². The summed E-state index contributed by atoms with van der Waals surface area (Å²) in [5.41, 5.74) is 0.629. The third kappa shape index (κ3) is 7.24. The van der Waals surface area contributed by atoms with Crippen molar-refractivity contribution in [3.63, 3.8) is 0 Å². The van der Waals surface area contributed by atoms with Crippen LogP contribution < -0.4 is 4.74 Å². The fourth-order valence-electron chi connectivity index (χ4n) is 2.05. The minimum absolute atomic E-state index is 0.0577. The molecule has 0 aliphatic carbocycles. The normalized spacial score (nSPS) is 10.7. The van der Waals surface area contributed by atoms with E-state index in [1.165, 1.54) is 16.7 Å². The number of unbranched alkanes of at least 4 members (excludes halogenated alkanes) is 1. The molecule has 0 N–H and O–H groups in total. The third-order valence-electron chi connectivity index (χ3n) is 3.26. The summed E-state index contributed by atoms with van der Waals surface area (Å²) in [6, 6.07) is 17.6. The number of hydrogen-bond acceptors (Lipinski definition) is 4. The zero-order valence-corrected chi connectivity index (χ0v) is 15.7. The van der Waals surface area contributed by atoms with Gasteiger partial charge in [0, 0.05) is 10.6 Å². The molecule has 0 amide bonds. The topological polar surface area (TPSA) is 26.3 Å². The number of allylic oxidation sites excluding steroid dienone is 1. The molecule has 0 fully saturated rings. The molecule has 25 heavy (non-hydrogen) atoms. The first-order chi connectivity index (χ1) is 12.3. The van der Waals surface area contributed by atoms with Crippen molar-refractivity contribution < 1.29 is 9.53 Å². The number of benzene rings is 2. The fourth-order valence-corrected chi connectivity index (χ4v) is 3.57. The Morgan fingerprint density at radius 3 is 2.64 bits per heavy atom. The summed E-state index contributed by atoms with van der Waals surface area (Å²) in [6.07, 6.45) is 5.77. The number of carbonyl (C=O) groups is 1. The van der Waals surface area contributed by atoms with Crippen molar-refractivity contribution >= 4 is 28.6 Å². The molecular weight excluding hydrogens is 348 g/mol. The standard InChI is InChI=1S/C21H22O2S2/c1-2-15-23-20-14-8-7-13-19(20)21(22)25-17-10-4-9-16-24-18-11-5-3-6-12-18/h2-3,5-9,11-14,16H,1,4,10,15,17H2/b16-9+. The molecule has 0 aromatic heterocycles. The van der Waals surface area contributed by atoms with Crippen LogP contribution in [0.4, 0.5) is 0 Å². The van der Waals surface area contributed by atoms with Crippen LogP contribution in [-0.4, -0.2) is 17.5 Å². The molecule has 0 saturated heterocycles. The zero-order valence-electron chi connectivity index (χ0n) is 14.1. The van der Waals surface area contributed by atoms with Gasteiger partial charge in [-0.15, -0.1) is 0 Å². The van der Waals surface area contributed by atoms with Crippen LogP contribution >= 0.6 is 23.5 Å². The van der Waals surface area contributed by atoms with E-state index in [1.54, 1.807) is 17.8 Å². The quantitative estimate of drug-likeness (QED) is 0.282. The molecule has 0 heterocycles. The van der Waals surface area contributed by atoms with Gasteiger partial charge in [-0.25, -0.2) is 0 Å². The van der Waals surface area contributed by atoms with Crippen LogP contribution in [0.2, 0.25) is 0 Å². The maximum Gasteiger partial charge on any atom is 0.223 e. The van der Waals surface area contributed by atoms with Gasteiger partial charge in [0.25, 0.3) is 0 Å². The Hall–Kier alpha value is -1.91. The second-order valence-electron chi connectivity index (χ2n) is 5.18. The molecule has 0 radical (unpaired) electrons. The average Bonchev–Trinajstić information content (AvgIpc) is 2.66. The van der Waals surface area contributed by atoms with Crippen molar-refractivity contribution in [2.45, 2.75) is 17.7 Å². The van der Waals surface area contributed by atoms with Crippen LogP contribution in [0.1, 0.15) is 23.2 Å². The lowest BCUT2D eigenvalue weighted by Gasteiger charge is -2.08. The highest BCUT2D eigenvalue weighted by Gasteiger charge is 2.11. The average molecular weight is 371 g/mol. The highest BCUT2D eigenvalue weighted by atomic mass is 32.2. The molecule has 0 atom stereocenters. The largest absolute Gasteiger partial charge is 0.489 e. The smallest absolute Gasteiger partial charge is 0.223 e. The second-order valence-corrected chi connectivity index (χ2v) is 7.22. The summed E-state index contributed by atoms with van der Waals surface area (Å²) in [7, 11) is 0. The lowest BCUT2D eigenvalue weighted by atomic mass is 10.2. The van der Waals surface area contributed by atoms with Crippen LogP contribution in [0.15, 0.2) is 83.6 Å². The van der Waals surface area contributed by atoms with E-state index in [1.807, 2.05) is 42.5 Å². The summed E-state index contributed by atoms with van der Waals surface area (Å²) in [5, 5.41) is 2.17. The van der Waals surface area contributed by atoms with Gasteiger partial charge in [0.2, 0.25) is 5.12 Å². The van der Waals surface area contributed by atoms with E-state index in [2.05, 4.69) is 30.2 Å². The molecule has 0 spiro atoms. The van der Waals surface area contributed by atoms with E-state index in [0.717, 1.165) is 18.6 Å². The highest BCUT2D eigenvalue weighted by Crippen LogP contribution is 2.24. The van der Waals surface area contributed by atoms with Crippen molar-refractivity contribution in [1.29, 1.82) is 0 Å². The Morgan fingerprint density at radius 1 is 1.08 bits per heavy atom. The molecule has 2 rings (SSSR count). The molecule has 2 nitrogen and oxygen atoms in total. The predicted molar refractivity (Wildman–Crippen MR) is 110 cm³/mol. The first kappa shape index (κ1) is 19.4. The first-order valence-corrected chi connectivity index (χ1v) is 10.0. The van der Waals surface area contributed by atoms with Gasteiger partial charge in [0.1, 0.15) is 12.4 Å². The van der Waals surface area contributed by atoms with Gasteiger partial charge in [-0.3, -0.25) is 4.79 Å². The van der Waals surface area contributed by atoms with Crippen LogP contribution in [0.25, 0.3) is 0 Å². The van der Waals surface area contributed by atoms with E-state index in [4.69, 9.17) is 4.74 Å². The molecule has 0 bridgehead atoms. The van der Waals surface area contributed by atoms with Crippen molar-refractivity contribution in [3.05, 3.63) is 84.3 Å². The number of ether oxygens (including phenoxy) is 1. The molecule has 4 heteroatoms. The van der Waals surface area contributed by atoms with Crippen molar-refractivity contribution in [1.82, 2.24) is 0 Å². The summed E-state index contributed by atoms with van der Waals surface area (Å²) in [5.74, 6) is 1.42. The molecule has 0 aliphatic heterocycles. The summed E-state index contributed by atoms with van der Waals surface area (Å²) in [6.45, 7) is 4.03. The Balaban J connectivity index is 1.69. The van der Waals surface area contributed by atoms with Crippen molar-refractivity contribution in [2.75, 3.05) is 12.4 Å². The lowest BCUT2D eigenvalue weighted by molar-refractivity contribution is 0.108.